The van der Waals surface area contributed by atoms with Crippen LogP contribution in [0.4, 0.5) is 0 Å². The van der Waals surface area contributed by atoms with Crippen molar-refractivity contribution >= 4 is 0 Å². The third-order valence-corrected chi connectivity index (χ3v) is 2.52. The van der Waals surface area contributed by atoms with Crippen LogP contribution in [0.15, 0.2) is 0 Å². The van der Waals surface area contributed by atoms with Crippen LogP contribution in [-0.4, -0.2) is 24.3 Å². The molecular formula is C9H14N2O. The highest BCUT2D eigenvalue weighted by Gasteiger charge is 2.42. The lowest BCUT2D eigenvalue weighted by Gasteiger charge is -2.19. The van der Waals surface area contributed by atoms with Gasteiger partial charge in [-0.25, -0.2) is 0 Å². The smallest absolute Gasteiger partial charge is 0.132 e. The molecule has 1 aliphatic carbocycles. The van der Waals surface area contributed by atoms with E-state index in [0.717, 1.165) is 6.42 Å². The Kier molecular flexibility index (Phi) is 1.82. The molecule has 66 valence electrons. The summed E-state index contributed by atoms with van der Waals surface area (Å²) in [6, 6.07) is 2.93. The molecule has 0 amide bonds. The van der Waals surface area contributed by atoms with Crippen LogP contribution in [-0.2, 0) is 4.74 Å². The van der Waals surface area contributed by atoms with Crippen molar-refractivity contribution in [1.29, 1.82) is 5.26 Å². The fourth-order valence-corrected chi connectivity index (χ4v) is 1.72. The zero-order valence-corrected chi connectivity index (χ0v) is 7.34. The quantitative estimate of drug-likeness (QED) is 0.660. The molecule has 1 saturated carbocycles. The van der Waals surface area contributed by atoms with Gasteiger partial charge >= 0.3 is 0 Å². The van der Waals surface area contributed by atoms with E-state index in [-0.39, 0.29) is 11.6 Å². The lowest BCUT2D eigenvalue weighted by atomic mass is 9.98. The highest BCUT2D eigenvalue weighted by atomic mass is 16.5. The first-order valence-corrected chi connectivity index (χ1v) is 4.55. The van der Waals surface area contributed by atoms with Crippen LogP contribution < -0.4 is 5.32 Å². The summed E-state index contributed by atoms with van der Waals surface area (Å²) in [6.45, 7) is 2.58. The van der Waals surface area contributed by atoms with Crippen LogP contribution in [0.1, 0.15) is 26.2 Å². The summed E-state index contributed by atoms with van der Waals surface area (Å²) >= 11 is 0. The van der Waals surface area contributed by atoms with Gasteiger partial charge in [-0.15, -0.1) is 0 Å². The molecule has 0 bridgehead atoms. The minimum atomic E-state index is -0.374. The normalized spacial score (nSPS) is 41.2. The third kappa shape index (κ3) is 1.45. The number of rotatable bonds is 2. The van der Waals surface area contributed by atoms with Gasteiger partial charge in [0.15, 0.2) is 0 Å². The number of ether oxygens (including phenoxy) is 1. The molecule has 1 aliphatic heterocycles. The van der Waals surface area contributed by atoms with Gasteiger partial charge in [0.05, 0.1) is 18.8 Å². The van der Waals surface area contributed by atoms with E-state index < -0.39 is 0 Å². The van der Waals surface area contributed by atoms with Crippen LogP contribution in [0.2, 0.25) is 0 Å². The standard InChI is InChI=1S/C9H14N2O/c1-7-4-9(5-10,6-12-7)11-8-2-3-8/h7-8,11H,2-4,6H2,1H3. The molecule has 2 aliphatic rings. The zero-order valence-electron chi connectivity index (χ0n) is 7.34. The van der Waals surface area contributed by atoms with Gasteiger partial charge < -0.3 is 4.74 Å². The van der Waals surface area contributed by atoms with E-state index in [2.05, 4.69) is 11.4 Å². The molecule has 0 radical (unpaired) electrons. The van der Waals surface area contributed by atoms with Crippen molar-refractivity contribution in [1.82, 2.24) is 5.32 Å². The summed E-state index contributed by atoms with van der Waals surface area (Å²) in [5, 5.41) is 12.4. The molecule has 0 spiro atoms. The Morgan fingerprint density at radius 2 is 2.33 bits per heavy atom. The molecule has 3 heteroatoms. The Morgan fingerprint density at radius 1 is 1.58 bits per heavy atom. The van der Waals surface area contributed by atoms with E-state index in [9.17, 15) is 0 Å². The molecule has 3 nitrogen and oxygen atoms in total. The summed E-state index contributed by atoms with van der Waals surface area (Å²) in [7, 11) is 0. The minimum absolute atomic E-state index is 0.232. The monoisotopic (exact) mass is 166 g/mol. The van der Waals surface area contributed by atoms with E-state index in [1.807, 2.05) is 6.92 Å². The molecule has 0 aromatic rings. The molecule has 1 N–H and O–H groups in total. The van der Waals surface area contributed by atoms with Crippen LogP contribution in [0.5, 0.6) is 0 Å². The fourth-order valence-electron chi connectivity index (χ4n) is 1.72. The summed E-state index contributed by atoms with van der Waals surface area (Å²) in [4.78, 5) is 0. The summed E-state index contributed by atoms with van der Waals surface area (Å²) in [6.07, 6.45) is 3.51. The number of nitriles is 1. The fraction of sp³-hybridized carbons (Fsp3) is 0.889. The van der Waals surface area contributed by atoms with Crippen LogP contribution >= 0.6 is 0 Å². The third-order valence-electron chi connectivity index (χ3n) is 2.52. The molecule has 2 rings (SSSR count). The predicted octanol–water partition coefficient (Wildman–Crippen LogP) is 0.810. The molecule has 0 aromatic carbocycles. The van der Waals surface area contributed by atoms with Crippen LogP contribution in [0.25, 0.3) is 0 Å². The number of hydrogen-bond acceptors (Lipinski definition) is 3. The summed E-state index contributed by atoms with van der Waals surface area (Å²) < 4.78 is 5.40. The predicted molar refractivity (Wildman–Crippen MR) is 44.5 cm³/mol. The Labute approximate surface area is 72.7 Å². The molecule has 2 atom stereocenters. The van der Waals surface area contributed by atoms with Crippen LogP contribution in [0.3, 0.4) is 0 Å². The molecule has 2 fully saturated rings. The Morgan fingerprint density at radius 3 is 2.75 bits per heavy atom. The van der Waals surface area contributed by atoms with Crippen molar-refractivity contribution < 1.29 is 4.74 Å². The van der Waals surface area contributed by atoms with Gasteiger partial charge in [0, 0.05) is 12.5 Å². The maximum atomic E-state index is 9.02. The molecule has 2 unspecified atom stereocenters. The highest BCUT2D eigenvalue weighted by molar-refractivity contribution is 5.13. The number of nitrogens with zero attached hydrogens (tertiary/aromatic N) is 1. The summed E-state index contributed by atoms with van der Waals surface area (Å²) in [5.41, 5.74) is -0.374. The van der Waals surface area contributed by atoms with Gasteiger partial charge in [0.25, 0.3) is 0 Å². The van der Waals surface area contributed by atoms with Crippen molar-refractivity contribution in [2.45, 2.75) is 43.9 Å². The second kappa shape index (κ2) is 2.72. The van der Waals surface area contributed by atoms with Gasteiger partial charge in [0.2, 0.25) is 0 Å². The Balaban J connectivity index is 1.99. The molecule has 1 saturated heterocycles. The van der Waals surface area contributed by atoms with E-state index in [4.69, 9.17) is 10.00 Å². The average molecular weight is 166 g/mol. The van der Waals surface area contributed by atoms with Gasteiger partial charge in [-0.2, -0.15) is 5.26 Å². The van der Waals surface area contributed by atoms with Crippen molar-refractivity contribution in [2.24, 2.45) is 0 Å². The lowest BCUT2D eigenvalue weighted by Crippen LogP contribution is -2.45. The second-order valence-corrected chi connectivity index (χ2v) is 3.94. The van der Waals surface area contributed by atoms with Crippen molar-refractivity contribution in [3.8, 4) is 6.07 Å². The van der Waals surface area contributed by atoms with Crippen LogP contribution in [0, 0.1) is 11.3 Å². The first-order valence-electron chi connectivity index (χ1n) is 4.55. The maximum absolute atomic E-state index is 9.02. The molecular weight excluding hydrogens is 152 g/mol. The van der Waals surface area contributed by atoms with Gasteiger partial charge in [-0.05, 0) is 19.8 Å². The summed E-state index contributed by atoms with van der Waals surface area (Å²) in [5.74, 6) is 0. The van der Waals surface area contributed by atoms with E-state index in [1.165, 1.54) is 12.8 Å². The Hall–Kier alpha value is -0.590. The maximum Gasteiger partial charge on any atom is 0.132 e. The van der Waals surface area contributed by atoms with Gasteiger partial charge in [0.1, 0.15) is 5.54 Å². The SMILES string of the molecule is CC1CC(C#N)(NC2CC2)CO1. The van der Waals surface area contributed by atoms with E-state index in [0.29, 0.717) is 12.6 Å². The van der Waals surface area contributed by atoms with Crippen molar-refractivity contribution in [3.05, 3.63) is 0 Å². The number of nitrogens with one attached hydrogen (secondary N) is 1. The minimum Gasteiger partial charge on any atom is -0.375 e. The molecule has 0 aromatic heterocycles. The zero-order chi connectivity index (χ0) is 8.60. The molecule has 12 heavy (non-hydrogen) atoms. The average Bonchev–Trinajstić information content (AvgIpc) is 2.77. The van der Waals surface area contributed by atoms with Crippen molar-refractivity contribution in [3.63, 3.8) is 0 Å². The van der Waals surface area contributed by atoms with E-state index in [1.54, 1.807) is 0 Å². The van der Waals surface area contributed by atoms with Gasteiger partial charge in [-0.3, -0.25) is 5.32 Å². The highest BCUT2D eigenvalue weighted by Crippen LogP contribution is 2.29. The van der Waals surface area contributed by atoms with E-state index >= 15 is 0 Å². The topological polar surface area (TPSA) is 45.0 Å². The second-order valence-electron chi connectivity index (χ2n) is 3.94. The largest absolute Gasteiger partial charge is 0.375 e. The first-order chi connectivity index (χ1) is 5.74. The first kappa shape index (κ1) is 8.03. The lowest BCUT2D eigenvalue weighted by molar-refractivity contribution is 0.117. The van der Waals surface area contributed by atoms with Crippen molar-refractivity contribution in [2.75, 3.05) is 6.61 Å². The Bertz CT molecular complexity index is 219. The van der Waals surface area contributed by atoms with Gasteiger partial charge in [-0.1, -0.05) is 0 Å². The number of hydrogen-bond donors (Lipinski definition) is 1. The molecule has 1 heterocycles.